The number of fused-ring (bicyclic) bond motifs is 1. The maximum atomic E-state index is 12.2. The van der Waals surface area contributed by atoms with Crippen LogP contribution in [-0.4, -0.2) is 24.2 Å². The number of nitrogens with one attached hydrogen (secondary N) is 1. The van der Waals surface area contributed by atoms with E-state index < -0.39 is 17.7 Å². The van der Waals surface area contributed by atoms with Gasteiger partial charge in [0.15, 0.2) is 5.78 Å². The van der Waals surface area contributed by atoms with Crippen molar-refractivity contribution in [2.24, 2.45) is 5.92 Å². The van der Waals surface area contributed by atoms with Crippen LogP contribution in [0.4, 0.5) is 0 Å². The van der Waals surface area contributed by atoms with Crippen molar-refractivity contribution in [2.75, 3.05) is 6.61 Å². The molecule has 0 radical (unpaired) electrons. The van der Waals surface area contributed by atoms with E-state index in [4.69, 9.17) is 4.74 Å². The number of ether oxygens (including phenoxy) is 1. The van der Waals surface area contributed by atoms with Crippen molar-refractivity contribution >= 4 is 17.6 Å². The third-order valence-electron chi connectivity index (χ3n) is 3.04. The number of rotatable bonds is 1. The van der Waals surface area contributed by atoms with Gasteiger partial charge in [-0.25, -0.2) is 0 Å². The normalized spacial score (nSPS) is 22.1. The van der Waals surface area contributed by atoms with Gasteiger partial charge in [-0.3, -0.25) is 19.7 Å². The highest BCUT2D eigenvalue weighted by Gasteiger charge is 2.37. The summed E-state index contributed by atoms with van der Waals surface area (Å²) in [5.74, 6) is -1.37. The van der Waals surface area contributed by atoms with Gasteiger partial charge >= 0.3 is 0 Å². The summed E-state index contributed by atoms with van der Waals surface area (Å²) in [7, 11) is 0. The lowest BCUT2D eigenvalue weighted by Gasteiger charge is -2.23. The van der Waals surface area contributed by atoms with Crippen molar-refractivity contribution in [3.8, 4) is 5.75 Å². The molecule has 2 heterocycles. The molecule has 0 aliphatic carbocycles. The average molecular weight is 243 g/mol. The number of hydrogen-bond donors (Lipinski definition) is 1. The molecule has 1 N–H and O–H groups in total. The van der Waals surface area contributed by atoms with Gasteiger partial charge in [-0.1, -0.05) is 12.1 Å². The fraction of sp³-hybridized carbons (Fsp3) is 0.154. The lowest BCUT2D eigenvalue weighted by molar-refractivity contribution is -0.124. The van der Waals surface area contributed by atoms with Crippen molar-refractivity contribution in [2.45, 2.75) is 0 Å². The molecule has 3 rings (SSSR count). The molecule has 0 fully saturated rings. The second-order valence-corrected chi connectivity index (χ2v) is 4.14. The minimum Gasteiger partial charge on any atom is -0.492 e. The Hall–Kier alpha value is -2.43. The largest absolute Gasteiger partial charge is 0.492 e. The Morgan fingerprint density at radius 2 is 1.94 bits per heavy atom. The maximum absolute atomic E-state index is 12.2. The Kier molecular flexibility index (Phi) is 2.26. The highest BCUT2D eigenvalue weighted by molar-refractivity contribution is 6.20. The van der Waals surface area contributed by atoms with Crippen LogP contribution in [0, 0.1) is 5.92 Å². The van der Waals surface area contributed by atoms with Gasteiger partial charge < -0.3 is 4.74 Å². The molecule has 90 valence electrons. The SMILES string of the molecule is O=C1C=C(C2COc3ccccc3C2=O)C(=O)N1. The number of Topliss-reactive ketones (excluding diaryl/α,β-unsaturated/α-hetero) is 1. The molecule has 2 aliphatic heterocycles. The molecule has 2 aliphatic rings. The van der Waals surface area contributed by atoms with Crippen LogP contribution in [-0.2, 0) is 9.59 Å². The summed E-state index contributed by atoms with van der Waals surface area (Å²) in [6, 6.07) is 6.87. The summed E-state index contributed by atoms with van der Waals surface area (Å²) in [5.41, 5.74) is 0.626. The van der Waals surface area contributed by atoms with E-state index in [1.807, 2.05) is 0 Å². The molecule has 0 bridgehead atoms. The number of carbonyl (C=O) groups excluding carboxylic acids is 3. The molecule has 0 aromatic heterocycles. The first kappa shape index (κ1) is 10.7. The lowest BCUT2D eigenvalue weighted by atomic mass is 9.89. The summed E-state index contributed by atoms with van der Waals surface area (Å²) in [5, 5.41) is 2.13. The first-order valence-corrected chi connectivity index (χ1v) is 5.50. The average Bonchev–Trinajstić information content (AvgIpc) is 2.69. The zero-order valence-corrected chi connectivity index (χ0v) is 9.30. The van der Waals surface area contributed by atoms with E-state index >= 15 is 0 Å². The Balaban J connectivity index is 1.99. The third kappa shape index (κ3) is 1.52. The number of ketones is 1. The zero-order chi connectivity index (χ0) is 12.7. The molecule has 0 saturated carbocycles. The van der Waals surface area contributed by atoms with Crippen molar-refractivity contribution in [1.29, 1.82) is 0 Å². The fourth-order valence-corrected chi connectivity index (χ4v) is 2.15. The third-order valence-corrected chi connectivity index (χ3v) is 3.04. The van der Waals surface area contributed by atoms with E-state index in [0.717, 1.165) is 0 Å². The highest BCUT2D eigenvalue weighted by Crippen LogP contribution is 2.31. The smallest absolute Gasteiger partial charge is 0.255 e. The second kappa shape index (κ2) is 3.80. The Morgan fingerprint density at radius 1 is 1.17 bits per heavy atom. The van der Waals surface area contributed by atoms with E-state index in [2.05, 4.69) is 5.32 Å². The number of hydrogen-bond acceptors (Lipinski definition) is 4. The number of carbonyl (C=O) groups is 3. The van der Waals surface area contributed by atoms with Crippen LogP contribution in [0.25, 0.3) is 0 Å². The van der Waals surface area contributed by atoms with Crippen LogP contribution in [0.1, 0.15) is 10.4 Å². The molecule has 5 heteroatoms. The van der Waals surface area contributed by atoms with Crippen molar-refractivity contribution in [3.63, 3.8) is 0 Å². The van der Waals surface area contributed by atoms with Crippen LogP contribution in [0.5, 0.6) is 5.75 Å². The Labute approximate surface area is 102 Å². The number of amides is 2. The number of para-hydroxylation sites is 1. The molecular weight excluding hydrogens is 234 g/mol. The lowest BCUT2D eigenvalue weighted by Crippen LogP contribution is -2.33. The monoisotopic (exact) mass is 243 g/mol. The standard InChI is InChI=1S/C13H9NO4/c15-11-5-8(13(17)14-11)9-6-18-10-4-2-1-3-7(10)12(9)16/h1-5,9H,6H2,(H,14,15,17). The summed E-state index contributed by atoms with van der Waals surface area (Å²) in [6.45, 7) is 0.0857. The summed E-state index contributed by atoms with van der Waals surface area (Å²) >= 11 is 0. The van der Waals surface area contributed by atoms with Crippen LogP contribution in [0.15, 0.2) is 35.9 Å². The first-order chi connectivity index (χ1) is 8.66. The van der Waals surface area contributed by atoms with Gasteiger partial charge in [0, 0.05) is 11.6 Å². The van der Waals surface area contributed by atoms with Gasteiger partial charge in [0.1, 0.15) is 12.4 Å². The van der Waals surface area contributed by atoms with Gasteiger partial charge in [-0.15, -0.1) is 0 Å². The molecule has 0 spiro atoms. The summed E-state index contributed by atoms with van der Waals surface area (Å²) < 4.78 is 5.45. The van der Waals surface area contributed by atoms with Crippen LogP contribution < -0.4 is 10.1 Å². The predicted molar refractivity (Wildman–Crippen MR) is 61.0 cm³/mol. The van der Waals surface area contributed by atoms with E-state index in [-0.39, 0.29) is 18.0 Å². The molecule has 18 heavy (non-hydrogen) atoms. The van der Waals surface area contributed by atoms with Gasteiger partial charge in [0.05, 0.1) is 11.5 Å². The van der Waals surface area contributed by atoms with Crippen molar-refractivity contribution < 1.29 is 19.1 Å². The zero-order valence-electron chi connectivity index (χ0n) is 9.30. The van der Waals surface area contributed by atoms with Crippen LogP contribution in [0.3, 0.4) is 0 Å². The van der Waals surface area contributed by atoms with Gasteiger partial charge in [0.2, 0.25) is 0 Å². The van der Waals surface area contributed by atoms with Crippen LogP contribution in [0.2, 0.25) is 0 Å². The van der Waals surface area contributed by atoms with E-state index in [1.165, 1.54) is 6.08 Å². The molecule has 0 saturated heterocycles. The molecule has 2 amide bonds. The predicted octanol–water partition coefficient (Wildman–Crippen LogP) is 0.461. The first-order valence-electron chi connectivity index (χ1n) is 5.50. The van der Waals surface area contributed by atoms with E-state index in [1.54, 1.807) is 24.3 Å². The van der Waals surface area contributed by atoms with Crippen LogP contribution >= 0.6 is 0 Å². The molecule has 1 atom stereocenters. The van der Waals surface area contributed by atoms with Crippen molar-refractivity contribution in [3.05, 3.63) is 41.5 Å². The summed E-state index contributed by atoms with van der Waals surface area (Å²) in [4.78, 5) is 34.9. The molecule has 1 unspecified atom stereocenters. The minimum absolute atomic E-state index is 0.0857. The molecule has 1 aromatic rings. The van der Waals surface area contributed by atoms with Gasteiger partial charge in [-0.05, 0) is 12.1 Å². The summed E-state index contributed by atoms with van der Waals surface area (Å²) in [6.07, 6.45) is 1.17. The number of imide groups is 1. The fourth-order valence-electron chi connectivity index (χ4n) is 2.15. The number of benzene rings is 1. The highest BCUT2D eigenvalue weighted by atomic mass is 16.5. The van der Waals surface area contributed by atoms with E-state index in [9.17, 15) is 14.4 Å². The Bertz CT molecular complexity index is 603. The molecule has 1 aromatic carbocycles. The minimum atomic E-state index is -0.702. The van der Waals surface area contributed by atoms with Crippen molar-refractivity contribution in [1.82, 2.24) is 5.32 Å². The van der Waals surface area contributed by atoms with Gasteiger partial charge in [-0.2, -0.15) is 0 Å². The van der Waals surface area contributed by atoms with E-state index in [0.29, 0.717) is 11.3 Å². The molecule has 5 nitrogen and oxygen atoms in total. The van der Waals surface area contributed by atoms with Gasteiger partial charge in [0.25, 0.3) is 11.8 Å². The molecular formula is C13H9NO4. The quantitative estimate of drug-likeness (QED) is 0.727. The maximum Gasteiger partial charge on any atom is 0.255 e. The topological polar surface area (TPSA) is 72.5 Å². The Morgan fingerprint density at radius 3 is 2.67 bits per heavy atom. The second-order valence-electron chi connectivity index (χ2n) is 4.14.